The summed E-state index contributed by atoms with van der Waals surface area (Å²) in [5.41, 5.74) is 0.303. The van der Waals surface area contributed by atoms with Gasteiger partial charge in [0.05, 0.1) is 35.2 Å². The lowest BCUT2D eigenvalue weighted by atomic mass is 10.3. The predicted molar refractivity (Wildman–Crippen MR) is 101 cm³/mol. The smallest absolute Gasteiger partial charge is 0.359 e. The van der Waals surface area contributed by atoms with E-state index in [2.05, 4.69) is 6.58 Å². The van der Waals surface area contributed by atoms with E-state index in [0.29, 0.717) is 16.6 Å². The Morgan fingerprint density at radius 1 is 1.15 bits per heavy atom. The number of aliphatic carboxylic acids is 1. The van der Waals surface area contributed by atoms with Gasteiger partial charge in [0.2, 0.25) is 0 Å². The van der Waals surface area contributed by atoms with Crippen molar-refractivity contribution >= 4 is 22.1 Å². The molecule has 11 heteroatoms. The van der Waals surface area contributed by atoms with Crippen molar-refractivity contribution in [3.8, 4) is 0 Å². The van der Waals surface area contributed by atoms with Gasteiger partial charge in [0.15, 0.2) is 6.54 Å². The molecule has 27 heavy (non-hydrogen) atoms. The lowest BCUT2D eigenvalue weighted by molar-refractivity contribution is -0.893. The predicted octanol–water partition coefficient (Wildman–Crippen LogP) is -0.792. The van der Waals surface area contributed by atoms with E-state index in [9.17, 15) is 23.1 Å². The van der Waals surface area contributed by atoms with Crippen LogP contribution in [0.4, 0.5) is 0 Å². The van der Waals surface area contributed by atoms with E-state index in [1.807, 2.05) is 21.1 Å². The third-order valence-electron chi connectivity index (χ3n) is 3.00. The Balaban J connectivity index is 0. The van der Waals surface area contributed by atoms with Crippen molar-refractivity contribution in [1.29, 1.82) is 0 Å². The van der Waals surface area contributed by atoms with Crippen molar-refractivity contribution in [2.24, 2.45) is 0 Å². The monoisotopic (exact) mass is 414 g/mol. The van der Waals surface area contributed by atoms with Crippen LogP contribution in [0.25, 0.3) is 0 Å². The largest absolute Gasteiger partial charge is 0.477 e. The number of hydrogen-bond acceptors (Lipinski definition) is 6. The Hall–Kier alpha value is -1.53. The molecule has 0 heterocycles. The Kier molecular flexibility index (Phi) is 11.6. The lowest BCUT2D eigenvalue weighted by Crippen LogP contribution is -2.49. The second kappa shape index (κ2) is 11.3. The van der Waals surface area contributed by atoms with Crippen LogP contribution in [0.1, 0.15) is 6.92 Å². The van der Waals surface area contributed by atoms with Gasteiger partial charge >= 0.3 is 11.9 Å². The first kappa shape index (κ1) is 27.7. The summed E-state index contributed by atoms with van der Waals surface area (Å²) in [6.45, 7) is 5.82. The molecule has 0 fully saturated rings. The highest BCUT2D eigenvalue weighted by Gasteiger charge is 2.24. The molecule has 0 rings (SSSR count). The highest BCUT2D eigenvalue weighted by molar-refractivity contribution is 7.85. The van der Waals surface area contributed by atoms with Crippen LogP contribution in [0.3, 0.4) is 0 Å². The maximum Gasteiger partial charge on any atom is 0.359 e. The molecule has 0 aromatic carbocycles. The van der Waals surface area contributed by atoms with E-state index in [0.717, 1.165) is 0 Å². The number of quaternary nitrogens is 2. The SMILES string of the molecule is C=C(C)C(=O)OCC[N+](C)(C)CC(O)CS(=O)(=O)O.C[N+](C)(C)CC(=O)O. The van der Waals surface area contributed by atoms with Crippen LogP contribution in [0.5, 0.6) is 0 Å². The molecular weight excluding hydrogens is 380 g/mol. The summed E-state index contributed by atoms with van der Waals surface area (Å²) in [7, 11) is 4.83. The molecule has 0 aliphatic carbocycles. The number of nitrogens with zero attached hydrogens (tertiary/aromatic N) is 2. The van der Waals surface area contributed by atoms with E-state index in [4.69, 9.17) is 14.4 Å². The number of esters is 1. The molecule has 0 spiro atoms. The normalized spacial score (nSPS) is 13.2. The lowest BCUT2D eigenvalue weighted by Gasteiger charge is -2.31. The van der Waals surface area contributed by atoms with Crippen LogP contribution in [-0.4, -0.2) is 117 Å². The van der Waals surface area contributed by atoms with Gasteiger partial charge in [-0.15, -0.1) is 0 Å². The Labute approximate surface area is 161 Å². The van der Waals surface area contributed by atoms with Crippen LogP contribution in [0, 0.1) is 0 Å². The number of rotatable bonds is 10. The van der Waals surface area contributed by atoms with E-state index < -0.39 is 33.9 Å². The first-order valence-electron chi connectivity index (χ1n) is 8.15. The average Bonchev–Trinajstić information content (AvgIpc) is 2.32. The van der Waals surface area contributed by atoms with Crippen molar-refractivity contribution in [2.75, 3.05) is 67.2 Å². The van der Waals surface area contributed by atoms with Gasteiger partial charge in [0.25, 0.3) is 10.1 Å². The van der Waals surface area contributed by atoms with Crippen LogP contribution < -0.4 is 0 Å². The number of likely N-dealkylation sites (N-methyl/N-ethyl adjacent to an activating group) is 2. The number of carboxylic acid groups (broad SMARTS) is 1. The van der Waals surface area contributed by atoms with Crippen molar-refractivity contribution in [2.45, 2.75) is 13.0 Å². The quantitative estimate of drug-likeness (QED) is 0.183. The molecule has 0 aromatic rings. The number of carbonyl (C=O) groups is 2. The van der Waals surface area contributed by atoms with Gasteiger partial charge in [-0.05, 0) is 6.92 Å². The molecule has 10 nitrogen and oxygen atoms in total. The molecule has 0 saturated carbocycles. The third-order valence-corrected chi connectivity index (χ3v) is 3.80. The maximum absolute atomic E-state index is 11.1. The summed E-state index contributed by atoms with van der Waals surface area (Å²) in [6, 6.07) is 0. The van der Waals surface area contributed by atoms with Crippen LogP contribution >= 0.6 is 0 Å². The number of carbonyl (C=O) groups excluding carboxylic acids is 1. The molecule has 3 N–H and O–H groups in total. The number of hydrogen-bond donors (Lipinski definition) is 3. The molecule has 0 bridgehead atoms. The van der Waals surface area contributed by atoms with Gasteiger partial charge in [0, 0.05) is 5.57 Å². The van der Waals surface area contributed by atoms with Gasteiger partial charge in [-0.2, -0.15) is 8.42 Å². The molecule has 0 aliphatic heterocycles. The number of ether oxygens (including phenoxy) is 1. The highest BCUT2D eigenvalue weighted by Crippen LogP contribution is 2.03. The van der Waals surface area contributed by atoms with E-state index in [-0.39, 0.29) is 24.2 Å². The maximum atomic E-state index is 11.1. The Morgan fingerprint density at radius 3 is 1.93 bits per heavy atom. The molecule has 1 unspecified atom stereocenters. The summed E-state index contributed by atoms with van der Waals surface area (Å²) < 4.78 is 35.5. The van der Waals surface area contributed by atoms with Crippen LogP contribution in [0.2, 0.25) is 0 Å². The number of carboxylic acids is 1. The van der Waals surface area contributed by atoms with Gasteiger partial charge in [0.1, 0.15) is 31.6 Å². The minimum Gasteiger partial charge on any atom is -0.477 e. The number of aliphatic hydroxyl groups excluding tert-OH is 1. The number of aliphatic hydroxyl groups is 1. The van der Waals surface area contributed by atoms with Crippen LogP contribution in [-0.2, 0) is 24.4 Å². The fourth-order valence-electron chi connectivity index (χ4n) is 1.87. The van der Waals surface area contributed by atoms with Gasteiger partial charge in [-0.3, -0.25) is 4.55 Å². The van der Waals surface area contributed by atoms with Crippen molar-refractivity contribution in [1.82, 2.24) is 0 Å². The van der Waals surface area contributed by atoms with E-state index in [1.54, 1.807) is 14.1 Å². The topological polar surface area (TPSA) is 138 Å². The van der Waals surface area contributed by atoms with Gasteiger partial charge < -0.3 is 23.9 Å². The summed E-state index contributed by atoms with van der Waals surface area (Å²) in [6.07, 6.45) is -1.18. The summed E-state index contributed by atoms with van der Waals surface area (Å²) >= 11 is 0. The second-order valence-corrected chi connectivity index (χ2v) is 9.50. The van der Waals surface area contributed by atoms with Crippen molar-refractivity contribution in [3.05, 3.63) is 12.2 Å². The third kappa shape index (κ3) is 20.6. The van der Waals surface area contributed by atoms with E-state index >= 15 is 0 Å². The first-order valence-corrected chi connectivity index (χ1v) is 9.75. The molecule has 1 atom stereocenters. The molecule has 0 aromatic heterocycles. The van der Waals surface area contributed by atoms with Gasteiger partial charge in [-0.25, -0.2) is 9.59 Å². The highest BCUT2D eigenvalue weighted by atomic mass is 32.2. The molecule has 0 aliphatic rings. The second-order valence-electron chi connectivity index (χ2n) is 8.00. The average molecular weight is 415 g/mol. The van der Waals surface area contributed by atoms with E-state index in [1.165, 1.54) is 6.92 Å². The zero-order chi connectivity index (χ0) is 22.1. The Bertz CT molecular complexity index is 608. The summed E-state index contributed by atoms with van der Waals surface area (Å²) in [5, 5.41) is 17.8. The zero-order valence-corrected chi connectivity index (χ0v) is 17.8. The fourth-order valence-corrected chi connectivity index (χ4v) is 2.46. The molecule has 0 saturated heterocycles. The summed E-state index contributed by atoms with van der Waals surface area (Å²) in [5.74, 6) is -1.95. The first-order chi connectivity index (χ1) is 11.8. The molecule has 0 radical (unpaired) electrons. The standard InChI is InChI=1S/C11H21NO6S.C5H11NO2/c1-9(2)11(14)18-6-5-12(3,4)7-10(13)8-19(15,16)17;1-6(2,3)4-5(7)8/h10,13H,1,5-8H2,2-4H3;4H2,1-3H3/p+2. The zero-order valence-electron chi connectivity index (χ0n) is 17.0. The minimum absolute atomic E-state index is 0.115. The minimum atomic E-state index is -4.20. The van der Waals surface area contributed by atoms with Gasteiger partial charge in [-0.1, -0.05) is 6.58 Å². The molecule has 0 amide bonds. The van der Waals surface area contributed by atoms with Crippen molar-refractivity contribution < 1.29 is 46.5 Å². The Morgan fingerprint density at radius 2 is 1.63 bits per heavy atom. The molecular formula is C16H34N2O8S+2. The van der Waals surface area contributed by atoms with Crippen molar-refractivity contribution in [3.63, 3.8) is 0 Å². The summed E-state index contributed by atoms with van der Waals surface area (Å²) in [4.78, 5) is 21.1. The fraction of sp³-hybridized carbons (Fsp3) is 0.750. The molecule has 160 valence electrons. The van der Waals surface area contributed by atoms with Crippen LogP contribution in [0.15, 0.2) is 12.2 Å².